The van der Waals surface area contributed by atoms with Gasteiger partial charge in [0.15, 0.2) is 12.1 Å². The minimum Gasteiger partial charge on any atom is -0.506 e. The van der Waals surface area contributed by atoms with Crippen molar-refractivity contribution >= 4 is 6.29 Å². The number of nitrogens with zero attached hydrogens (tertiary/aromatic N) is 2. The number of hydrogen-bond donors (Lipinski definition) is 1. The highest BCUT2D eigenvalue weighted by atomic mass is 19.1. The Morgan fingerprint density at radius 2 is 1.63 bits per heavy atom. The van der Waals surface area contributed by atoms with E-state index in [0.29, 0.717) is 23.0 Å². The number of halogens is 1. The Bertz CT molecular complexity index is 999. The largest absolute Gasteiger partial charge is 0.506 e. The van der Waals surface area contributed by atoms with Gasteiger partial charge in [-0.15, -0.1) is 0 Å². The maximum Gasteiger partial charge on any atom is 0.220 e. The second-order valence-corrected chi connectivity index (χ2v) is 5.78. The molecule has 0 saturated heterocycles. The first-order valence-corrected chi connectivity index (χ1v) is 8.03. The predicted molar refractivity (Wildman–Crippen MR) is 97.8 cm³/mol. The number of phenolic OH excluding ortho intramolecular Hbond substituents is 1. The van der Waals surface area contributed by atoms with E-state index >= 15 is 0 Å². The van der Waals surface area contributed by atoms with E-state index in [1.165, 1.54) is 26.4 Å². The van der Waals surface area contributed by atoms with E-state index in [0.717, 1.165) is 0 Å². The molecule has 1 N–H and O–H groups in total. The van der Waals surface area contributed by atoms with Crippen molar-refractivity contribution in [2.45, 2.75) is 6.92 Å². The summed E-state index contributed by atoms with van der Waals surface area (Å²) >= 11 is 0. The topological polar surface area (TPSA) is 81.5 Å². The van der Waals surface area contributed by atoms with Gasteiger partial charge in [0.1, 0.15) is 11.6 Å². The molecular formula is C20H17FN2O4. The molecule has 0 unspecified atom stereocenters. The SMILES string of the molecule is COc1cc(OC)nc(-c2ccc(-c3ccc(C)c(F)c3)c(C=O)c2O)n1. The third-order valence-corrected chi connectivity index (χ3v) is 4.16. The number of aryl methyl sites for hydroxylation is 1. The van der Waals surface area contributed by atoms with Crippen LogP contribution in [-0.4, -0.2) is 35.6 Å². The number of phenols is 1. The van der Waals surface area contributed by atoms with Gasteiger partial charge >= 0.3 is 0 Å². The molecule has 6 nitrogen and oxygen atoms in total. The summed E-state index contributed by atoms with van der Waals surface area (Å²) in [6.07, 6.45) is 0.517. The fraction of sp³-hybridized carbons (Fsp3) is 0.150. The van der Waals surface area contributed by atoms with Crippen molar-refractivity contribution in [2.75, 3.05) is 14.2 Å². The van der Waals surface area contributed by atoms with Crippen LogP contribution in [0.15, 0.2) is 36.4 Å². The minimum absolute atomic E-state index is 0.0149. The second-order valence-electron chi connectivity index (χ2n) is 5.78. The van der Waals surface area contributed by atoms with Crippen LogP contribution in [0.4, 0.5) is 4.39 Å². The van der Waals surface area contributed by atoms with Crippen molar-refractivity contribution in [2.24, 2.45) is 0 Å². The molecule has 2 aromatic carbocycles. The first-order chi connectivity index (χ1) is 13.0. The lowest BCUT2D eigenvalue weighted by Gasteiger charge is -2.12. The molecule has 1 heterocycles. The molecular weight excluding hydrogens is 351 g/mol. The molecule has 3 aromatic rings. The summed E-state index contributed by atoms with van der Waals surface area (Å²) in [4.78, 5) is 20.0. The molecule has 138 valence electrons. The van der Waals surface area contributed by atoms with Crippen LogP contribution in [0.2, 0.25) is 0 Å². The summed E-state index contributed by atoms with van der Waals surface area (Å²) in [5.74, 6) is -0.0804. The average Bonchev–Trinajstić information content (AvgIpc) is 2.69. The van der Waals surface area contributed by atoms with Crippen molar-refractivity contribution < 1.29 is 23.8 Å². The molecule has 0 amide bonds. The second kappa shape index (κ2) is 7.41. The highest BCUT2D eigenvalue weighted by Crippen LogP contribution is 2.37. The predicted octanol–water partition coefficient (Wildman–Crippen LogP) is 3.79. The van der Waals surface area contributed by atoms with E-state index in [2.05, 4.69) is 9.97 Å². The Labute approximate surface area is 155 Å². The van der Waals surface area contributed by atoms with Gasteiger partial charge in [0.05, 0.1) is 31.4 Å². The van der Waals surface area contributed by atoms with Crippen molar-refractivity contribution in [3.63, 3.8) is 0 Å². The Kier molecular flexibility index (Phi) is 5.03. The number of methoxy groups -OCH3 is 2. The van der Waals surface area contributed by atoms with Crippen LogP contribution < -0.4 is 9.47 Å². The average molecular weight is 368 g/mol. The molecule has 27 heavy (non-hydrogen) atoms. The van der Waals surface area contributed by atoms with E-state index in [1.54, 1.807) is 31.2 Å². The summed E-state index contributed by atoms with van der Waals surface area (Å²) in [6, 6.07) is 9.28. The van der Waals surface area contributed by atoms with Gasteiger partial charge in [0.25, 0.3) is 0 Å². The van der Waals surface area contributed by atoms with Crippen LogP contribution in [0.3, 0.4) is 0 Å². The van der Waals surface area contributed by atoms with Crippen LogP contribution in [0.1, 0.15) is 15.9 Å². The fourth-order valence-electron chi connectivity index (χ4n) is 2.65. The molecule has 0 radical (unpaired) electrons. The van der Waals surface area contributed by atoms with E-state index in [4.69, 9.17) is 9.47 Å². The highest BCUT2D eigenvalue weighted by molar-refractivity contribution is 5.94. The number of benzene rings is 2. The summed E-state index contributed by atoms with van der Waals surface area (Å²) in [6.45, 7) is 1.65. The lowest BCUT2D eigenvalue weighted by atomic mass is 9.96. The van der Waals surface area contributed by atoms with Crippen LogP contribution in [-0.2, 0) is 0 Å². The standard InChI is InChI=1S/C20H17FN2O4/c1-11-4-5-12(8-16(11)21)13-6-7-14(19(25)15(13)10-24)20-22-17(26-2)9-18(23-20)27-3/h4-10,25H,1-3H3. The summed E-state index contributed by atoms with van der Waals surface area (Å²) in [5, 5.41) is 10.6. The lowest BCUT2D eigenvalue weighted by molar-refractivity contribution is 0.112. The fourth-order valence-corrected chi connectivity index (χ4v) is 2.65. The van der Waals surface area contributed by atoms with Gasteiger partial charge in [-0.3, -0.25) is 4.79 Å². The van der Waals surface area contributed by atoms with Crippen molar-refractivity contribution in [3.8, 4) is 40.0 Å². The highest BCUT2D eigenvalue weighted by Gasteiger charge is 2.18. The summed E-state index contributed by atoms with van der Waals surface area (Å²) in [7, 11) is 2.88. The number of ether oxygens (including phenoxy) is 2. The quantitative estimate of drug-likeness (QED) is 0.690. The molecule has 0 atom stereocenters. The Hall–Kier alpha value is -3.48. The van der Waals surface area contributed by atoms with E-state index in [9.17, 15) is 14.3 Å². The van der Waals surface area contributed by atoms with Gasteiger partial charge in [0, 0.05) is 0 Å². The molecule has 0 bridgehead atoms. The third-order valence-electron chi connectivity index (χ3n) is 4.16. The number of aromatic nitrogens is 2. The van der Waals surface area contributed by atoms with Crippen LogP contribution in [0.25, 0.3) is 22.5 Å². The Morgan fingerprint density at radius 1 is 1.00 bits per heavy atom. The zero-order valence-corrected chi connectivity index (χ0v) is 15.0. The molecule has 7 heteroatoms. The van der Waals surface area contributed by atoms with Gasteiger partial charge in [-0.25, -0.2) is 4.39 Å². The Morgan fingerprint density at radius 3 is 2.19 bits per heavy atom. The first-order valence-electron chi connectivity index (χ1n) is 8.03. The van der Waals surface area contributed by atoms with Gasteiger partial charge < -0.3 is 14.6 Å². The number of aromatic hydroxyl groups is 1. The molecule has 0 spiro atoms. The normalized spacial score (nSPS) is 10.5. The smallest absolute Gasteiger partial charge is 0.220 e. The molecule has 1 aromatic heterocycles. The van der Waals surface area contributed by atoms with Crippen LogP contribution in [0, 0.1) is 12.7 Å². The maximum absolute atomic E-state index is 13.9. The van der Waals surface area contributed by atoms with Crippen molar-refractivity contribution in [1.29, 1.82) is 0 Å². The van der Waals surface area contributed by atoms with Crippen molar-refractivity contribution in [1.82, 2.24) is 9.97 Å². The van der Waals surface area contributed by atoms with Crippen LogP contribution in [0.5, 0.6) is 17.5 Å². The third kappa shape index (κ3) is 3.44. The number of hydrogen-bond acceptors (Lipinski definition) is 6. The molecule has 0 aliphatic carbocycles. The van der Waals surface area contributed by atoms with E-state index in [-0.39, 0.29) is 34.5 Å². The molecule has 0 fully saturated rings. The monoisotopic (exact) mass is 368 g/mol. The summed E-state index contributed by atoms with van der Waals surface area (Å²) < 4.78 is 24.1. The lowest BCUT2D eigenvalue weighted by Crippen LogP contribution is -1.99. The zero-order valence-electron chi connectivity index (χ0n) is 15.0. The summed E-state index contributed by atoms with van der Waals surface area (Å²) in [5.41, 5.74) is 1.61. The number of aldehydes is 1. The van der Waals surface area contributed by atoms with E-state index < -0.39 is 5.82 Å². The van der Waals surface area contributed by atoms with Gasteiger partial charge in [-0.05, 0) is 35.7 Å². The molecule has 0 aliphatic heterocycles. The van der Waals surface area contributed by atoms with Gasteiger partial charge in [-0.2, -0.15) is 9.97 Å². The zero-order chi connectivity index (χ0) is 19.6. The van der Waals surface area contributed by atoms with Crippen LogP contribution >= 0.6 is 0 Å². The van der Waals surface area contributed by atoms with Gasteiger partial charge in [-0.1, -0.05) is 18.2 Å². The molecule has 0 saturated carbocycles. The number of carbonyl (C=O) groups is 1. The van der Waals surface area contributed by atoms with Gasteiger partial charge in [0.2, 0.25) is 11.8 Å². The minimum atomic E-state index is -0.395. The molecule has 0 aliphatic rings. The van der Waals surface area contributed by atoms with Crippen molar-refractivity contribution in [3.05, 3.63) is 53.3 Å². The molecule has 3 rings (SSSR count). The maximum atomic E-state index is 13.9. The number of rotatable bonds is 5. The first kappa shape index (κ1) is 18.3. The number of carbonyl (C=O) groups excluding carboxylic acids is 1. The Balaban J connectivity index is 2.18. The van der Waals surface area contributed by atoms with E-state index in [1.807, 2.05) is 0 Å².